The molecular formula is C13H10O2S. The fraction of sp³-hybridized carbons (Fsp3) is 0.154. The van der Waals surface area contributed by atoms with Crippen molar-refractivity contribution in [1.29, 1.82) is 0 Å². The SMILES string of the molecule is O=C1OC(c2cccs2)Cc2ccccc21. The Morgan fingerprint density at radius 1 is 1.19 bits per heavy atom. The molecule has 0 radical (unpaired) electrons. The Kier molecular flexibility index (Phi) is 2.26. The van der Waals surface area contributed by atoms with E-state index in [9.17, 15) is 4.79 Å². The van der Waals surface area contributed by atoms with Crippen molar-refractivity contribution in [1.82, 2.24) is 0 Å². The van der Waals surface area contributed by atoms with Gasteiger partial charge >= 0.3 is 5.97 Å². The summed E-state index contributed by atoms with van der Waals surface area (Å²) in [5, 5.41) is 2.00. The van der Waals surface area contributed by atoms with Gasteiger partial charge in [0.05, 0.1) is 5.56 Å². The van der Waals surface area contributed by atoms with Crippen LogP contribution in [-0.4, -0.2) is 5.97 Å². The summed E-state index contributed by atoms with van der Waals surface area (Å²) in [4.78, 5) is 12.9. The maximum Gasteiger partial charge on any atom is 0.339 e. The number of fused-ring (bicyclic) bond motifs is 1. The molecule has 2 nitrogen and oxygen atoms in total. The Morgan fingerprint density at radius 3 is 2.88 bits per heavy atom. The zero-order chi connectivity index (χ0) is 11.0. The van der Waals surface area contributed by atoms with E-state index in [-0.39, 0.29) is 12.1 Å². The van der Waals surface area contributed by atoms with Crippen LogP contribution >= 0.6 is 11.3 Å². The predicted octanol–water partition coefficient (Wildman–Crippen LogP) is 3.20. The van der Waals surface area contributed by atoms with E-state index in [0.717, 1.165) is 16.9 Å². The van der Waals surface area contributed by atoms with Crippen LogP contribution < -0.4 is 0 Å². The molecule has 1 aliphatic heterocycles. The van der Waals surface area contributed by atoms with Crippen molar-refractivity contribution in [2.45, 2.75) is 12.5 Å². The van der Waals surface area contributed by atoms with Gasteiger partial charge in [-0.05, 0) is 23.1 Å². The third kappa shape index (κ3) is 1.53. The van der Waals surface area contributed by atoms with Crippen molar-refractivity contribution in [2.75, 3.05) is 0 Å². The first-order chi connectivity index (χ1) is 7.84. The molecule has 1 aromatic heterocycles. The van der Waals surface area contributed by atoms with E-state index in [1.165, 1.54) is 0 Å². The summed E-state index contributed by atoms with van der Waals surface area (Å²) in [5.74, 6) is -0.208. The predicted molar refractivity (Wildman–Crippen MR) is 62.6 cm³/mol. The Labute approximate surface area is 97.5 Å². The molecule has 0 saturated heterocycles. The number of cyclic esters (lactones) is 1. The van der Waals surface area contributed by atoms with Gasteiger partial charge < -0.3 is 4.74 Å². The highest BCUT2D eigenvalue weighted by Gasteiger charge is 2.27. The second kappa shape index (κ2) is 3.76. The smallest absolute Gasteiger partial charge is 0.339 e. The van der Waals surface area contributed by atoms with Crippen LogP contribution in [0.5, 0.6) is 0 Å². The maximum atomic E-state index is 11.8. The molecule has 2 aromatic rings. The normalized spacial score (nSPS) is 19.0. The van der Waals surface area contributed by atoms with Crippen LogP contribution in [0.3, 0.4) is 0 Å². The molecule has 0 amide bonds. The number of carbonyl (C=O) groups is 1. The second-order valence-corrected chi connectivity index (χ2v) is 4.75. The molecule has 16 heavy (non-hydrogen) atoms. The number of hydrogen-bond acceptors (Lipinski definition) is 3. The summed E-state index contributed by atoms with van der Waals surface area (Å²) < 4.78 is 5.43. The van der Waals surface area contributed by atoms with E-state index >= 15 is 0 Å². The standard InChI is InChI=1S/C13H10O2S/c14-13-10-5-2-1-4-9(10)8-11(15-13)12-6-3-7-16-12/h1-7,11H,8H2. The highest BCUT2D eigenvalue weighted by Crippen LogP contribution is 2.32. The number of benzene rings is 1. The van der Waals surface area contributed by atoms with Gasteiger partial charge in [-0.1, -0.05) is 24.3 Å². The van der Waals surface area contributed by atoms with Crippen LogP contribution in [0.1, 0.15) is 26.9 Å². The first kappa shape index (κ1) is 9.60. The lowest BCUT2D eigenvalue weighted by atomic mass is 9.98. The summed E-state index contributed by atoms with van der Waals surface area (Å²) in [6.45, 7) is 0. The molecule has 0 aliphatic carbocycles. The Morgan fingerprint density at radius 2 is 2.06 bits per heavy atom. The first-order valence-corrected chi connectivity index (χ1v) is 6.05. The van der Waals surface area contributed by atoms with Crippen LogP contribution in [0.25, 0.3) is 0 Å². The van der Waals surface area contributed by atoms with E-state index in [4.69, 9.17) is 4.74 Å². The van der Waals surface area contributed by atoms with Crippen LogP contribution in [0.4, 0.5) is 0 Å². The van der Waals surface area contributed by atoms with E-state index in [0.29, 0.717) is 5.56 Å². The van der Waals surface area contributed by atoms with Gasteiger partial charge in [0.2, 0.25) is 0 Å². The number of ether oxygens (including phenoxy) is 1. The fourth-order valence-corrected chi connectivity index (χ4v) is 2.72. The zero-order valence-corrected chi connectivity index (χ0v) is 9.37. The molecule has 2 heterocycles. The number of carbonyl (C=O) groups excluding carboxylic acids is 1. The van der Waals surface area contributed by atoms with Crippen molar-refractivity contribution in [3.63, 3.8) is 0 Å². The summed E-state index contributed by atoms with van der Waals surface area (Å²) in [6, 6.07) is 11.6. The summed E-state index contributed by atoms with van der Waals surface area (Å²) >= 11 is 1.63. The van der Waals surface area contributed by atoms with Gasteiger partial charge in [0.15, 0.2) is 0 Å². The van der Waals surface area contributed by atoms with Gasteiger partial charge in [-0.3, -0.25) is 0 Å². The molecule has 0 fully saturated rings. The average molecular weight is 230 g/mol. The third-order valence-electron chi connectivity index (χ3n) is 2.75. The lowest BCUT2D eigenvalue weighted by Gasteiger charge is -2.23. The largest absolute Gasteiger partial charge is 0.453 e. The molecule has 0 spiro atoms. The van der Waals surface area contributed by atoms with Gasteiger partial charge in [-0.15, -0.1) is 11.3 Å². The number of esters is 1. The Hall–Kier alpha value is -1.61. The Bertz CT molecular complexity index is 516. The molecule has 0 bridgehead atoms. The minimum atomic E-state index is -0.208. The molecule has 1 aliphatic rings. The number of hydrogen-bond donors (Lipinski definition) is 0. The van der Waals surface area contributed by atoms with Gasteiger partial charge in [0.1, 0.15) is 6.10 Å². The molecule has 1 atom stereocenters. The number of thiophene rings is 1. The van der Waals surface area contributed by atoms with E-state index in [2.05, 4.69) is 0 Å². The highest BCUT2D eigenvalue weighted by atomic mass is 32.1. The van der Waals surface area contributed by atoms with Crippen molar-refractivity contribution in [2.24, 2.45) is 0 Å². The molecule has 1 unspecified atom stereocenters. The molecule has 3 heteroatoms. The van der Waals surface area contributed by atoms with Crippen molar-refractivity contribution < 1.29 is 9.53 Å². The lowest BCUT2D eigenvalue weighted by molar-refractivity contribution is 0.0261. The maximum absolute atomic E-state index is 11.8. The molecule has 0 N–H and O–H groups in total. The van der Waals surface area contributed by atoms with Crippen molar-refractivity contribution in [3.05, 3.63) is 57.8 Å². The van der Waals surface area contributed by atoms with Crippen molar-refractivity contribution >= 4 is 17.3 Å². The van der Waals surface area contributed by atoms with Gasteiger partial charge in [0.25, 0.3) is 0 Å². The van der Waals surface area contributed by atoms with E-state index in [1.807, 2.05) is 41.8 Å². The molecule has 3 rings (SSSR count). The van der Waals surface area contributed by atoms with Gasteiger partial charge in [-0.25, -0.2) is 4.79 Å². The summed E-state index contributed by atoms with van der Waals surface area (Å²) in [6.07, 6.45) is 0.671. The van der Waals surface area contributed by atoms with Crippen LogP contribution in [0.2, 0.25) is 0 Å². The van der Waals surface area contributed by atoms with Gasteiger partial charge in [0, 0.05) is 11.3 Å². The quantitative estimate of drug-likeness (QED) is 0.703. The van der Waals surface area contributed by atoms with Crippen LogP contribution in [-0.2, 0) is 11.2 Å². The second-order valence-electron chi connectivity index (χ2n) is 3.77. The summed E-state index contributed by atoms with van der Waals surface area (Å²) in [5.41, 5.74) is 1.78. The summed E-state index contributed by atoms with van der Waals surface area (Å²) in [7, 11) is 0. The van der Waals surface area contributed by atoms with Crippen LogP contribution in [0.15, 0.2) is 41.8 Å². The monoisotopic (exact) mass is 230 g/mol. The van der Waals surface area contributed by atoms with Crippen molar-refractivity contribution in [3.8, 4) is 0 Å². The first-order valence-electron chi connectivity index (χ1n) is 5.17. The minimum absolute atomic E-state index is 0.109. The Balaban J connectivity index is 1.98. The zero-order valence-electron chi connectivity index (χ0n) is 8.55. The topological polar surface area (TPSA) is 26.3 Å². The molecule has 0 saturated carbocycles. The number of rotatable bonds is 1. The van der Waals surface area contributed by atoms with E-state index < -0.39 is 0 Å². The lowest BCUT2D eigenvalue weighted by Crippen LogP contribution is -2.20. The van der Waals surface area contributed by atoms with Gasteiger partial charge in [-0.2, -0.15) is 0 Å². The molecular weight excluding hydrogens is 220 g/mol. The third-order valence-corrected chi connectivity index (χ3v) is 3.72. The highest BCUT2D eigenvalue weighted by molar-refractivity contribution is 7.10. The average Bonchev–Trinajstić information content (AvgIpc) is 2.82. The molecule has 80 valence electrons. The minimum Gasteiger partial charge on any atom is -0.453 e. The fourth-order valence-electron chi connectivity index (χ4n) is 1.96. The molecule has 1 aromatic carbocycles. The van der Waals surface area contributed by atoms with Crippen LogP contribution in [0, 0.1) is 0 Å². The van der Waals surface area contributed by atoms with E-state index in [1.54, 1.807) is 11.3 Å².